The van der Waals surface area contributed by atoms with Crippen LogP contribution < -0.4 is 0 Å². The number of carbonyl (C=O) groups excluding carboxylic acids is 1. The minimum Gasteiger partial charge on any atom is -0.481 e. The molecule has 1 aliphatic rings. The van der Waals surface area contributed by atoms with Gasteiger partial charge in [-0.25, -0.2) is 4.39 Å². The lowest BCUT2D eigenvalue weighted by Crippen LogP contribution is -2.58. The van der Waals surface area contributed by atoms with Gasteiger partial charge in [0.1, 0.15) is 28.8 Å². The zero-order chi connectivity index (χ0) is 21.3. The zero-order valence-electron chi connectivity index (χ0n) is 16.1. The Labute approximate surface area is 171 Å². The molecule has 156 valence electrons. The third-order valence-corrected chi connectivity index (χ3v) is 5.58. The fourth-order valence-corrected chi connectivity index (χ4v) is 3.96. The molecule has 2 atom stereocenters. The Kier molecular flexibility index (Phi) is 5.21. The number of hydrogen-bond donors (Lipinski definition) is 2. The summed E-state index contributed by atoms with van der Waals surface area (Å²) in [6.45, 7) is -0.0982. The summed E-state index contributed by atoms with van der Waals surface area (Å²) in [7, 11) is 0. The molecule has 2 aromatic carbocycles. The number of aromatic nitrogens is 3. The molecule has 2 N–H and O–H groups in total. The predicted molar refractivity (Wildman–Crippen MR) is 105 cm³/mol. The first-order valence-electron chi connectivity index (χ1n) is 9.61. The topological polar surface area (TPSA) is 109 Å². The number of aliphatic hydroxyl groups is 1. The van der Waals surface area contributed by atoms with E-state index in [0.29, 0.717) is 16.6 Å². The lowest BCUT2D eigenvalue weighted by Gasteiger charge is -2.43. The number of hydrogen-bond acceptors (Lipinski definition) is 5. The van der Waals surface area contributed by atoms with Crippen molar-refractivity contribution in [3.05, 3.63) is 59.9 Å². The average molecular weight is 412 g/mol. The van der Waals surface area contributed by atoms with Crippen molar-refractivity contribution in [2.45, 2.75) is 25.5 Å². The van der Waals surface area contributed by atoms with Crippen LogP contribution >= 0.6 is 0 Å². The molecule has 0 spiro atoms. The summed E-state index contributed by atoms with van der Waals surface area (Å²) in [6.07, 6.45) is -1.13. The molecule has 30 heavy (non-hydrogen) atoms. The molecular formula is C21H21FN4O4. The number of carboxylic acid groups (broad SMARTS) is 1. The van der Waals surface area contributed by atoms with Gasteiger partial charge in [-0.2, -0.15) is 15.0 Å². The number of halogens is 1. The highest BCUT2D eigenvalue weighted by Gasteiger charge is 2.50. The van der Waals surface area contributed by atoms with Crippen LogP contribution in [0, 0.1) is 11.2 Å². The molecule has 3 aromatic rings. The number of piperidine rings is 1. The van der Waals surface area contributed by atoms with Gasteiger partial charge in [-0.15, -0.1) is 0 Å². The van der Waals surface area contributed by atoms with Crippen LogP contribution in [0.1, 0.15) is 12.0 Å². The Morgan fingerprint density at radius 3 is 2.47 bits per heavy atom. The number of carboxylic acids is 1. The highest BCUT2D eigenvalue weighted by Crippen LogP contribution is 2.35. The number of aliphatic carboxylic acids is 1. The van der Waals surface area contributed by atoms with Gasteiger partial charge >= 0.3 is 5.97 Å². The van der Waals surface area contributed by atoms with Crippen molar-refractivity contribution in [1.29, 1.82) is 0 Å². The molecule has 0 bridgehead atoms. The van der Waals surface area contributed by atoms with Crippen molar-refractivity contribution >= 4 is 22.9 Å². The quantitative estimate of drug-likeness (QED) is 0.657. The van der Waals surface area contributed by atoms with Gasteiger partial charge in [-0.05, 0) is 42.7 Å². The normalized spacial score (nSPS) is 21.7. The number of rotatable bonds is 5. The van der Waals surface area contributed by atoms with Crippen LogP contribution in [0.3, 0.4) is 0 Å². The molecule has 1 saturated heterocycles. The first kappa shape index (κ1) is 20.0. The predicted octanol–water partition coefficient (Wildman–Crippen LogP) is 1.48. The van der Waals surface area contributed by atoms with Crippen LogP contribution in [0.15, 0.2) is 48.5 Å². The Morgan fingerprint density at radius 1 is 1.13 bits per heavy atom. The van der Waals surface area contributed by atoms with Gasteiger partial charge in [-0.1, -0.05) is 24.3 Å². The monoisotopic (exact) mass is 412 g/mol. The summed E-state index contributed by atoms with van der Waals surface area (Å²) in [6, 6.07) is 12.8. The van der Waals surface area contributed by atoms with E-state index in [1.165, 1.54) is 27.9 Å². The standard InChI is InChI=1S/C21H21FN4O4/c22-15-5-3-4-14(10-15)11-21(20(29)30)13-25(9-8-18(21)27)19(28)12-26-23-16-6-1-2-7-17(16)24-26/h1-7,10,18,27H,8-9,11-13H2,(H,29,30)/t18-,21+/m0/s1. The third kappa shape index (κ3) is 3.76. The lowest BCUT2D eigenvalue weighted by molar-refractivity contribution is -0.166. The largest absolute Gasteiger partial charge is 0.481 e. The van der Waals surface area contributed by atoms with E-state index in [9.17, 15) is 24.2 Å². The molecular weight excluding hydrogens is 391 g/mol. The average Bonchev–Trinajstić information content (AvgIpc) is 3.11. The third-order valence-electron chi connectivity index (χ3n) is 5.58. The molecule has 1 aromatic heterocycles. The van der Waals surface area contributed by atoms with Crippen molar-refractivity contribution < 1.29 is 24.2 Å². The van der Waals surface area contributed by atoms with Crippen molar-refractivity contribution in [3.8, 4) is 0 Å². The molecule has 9 heteroatoms. The number of nitrogens with zero attached hydrogens (tertiary/aromatic N) is 4. The van der Waals surface area contributed by atoms with E-state index in [1.54, 1.807) is 18.2 Å². The van der Waals surface area contributed by atoms with E-state index in [0.717, 1.165) is 0 Å². The number of aliphatic hydroxyl groups excluding tert-OH is 1. The van der Waals surface area contributed by atoms with Crippen LogP contribution in [0.5, 0.6) is 0 Å². The first-order valence-corrected chi connectivity index (χ1v) is 9.61. The van der Waals surface area contributed by atoms with Gasteiger partial charge in [0, 0.05) is 13.1 Å². The van der Waals surface area contributed by atoms with Gasteiger partial charge < -0.3 is 15.1 Å². The Bertz CT molecular complexity index is 1070. The second-order valence-corrected chi connectivity index (χ2v) is 7.61. The van der Waals surface area contributed by atoms with E-state index in [1.807, 2.05) is 12.1 Å². The van der Waals surface area contributed by atoms with Crippen molar-refractivity contribution in [3.63, 3.8) is 0 Å². The molecule has 0 saturated carbocycles. The number of benzene rings is 2. The number of likely N-dealkylation sites (tertiary alicyclic amines) is 1. The lowest BCUT2D eigenvalue weighted by atomic mass is 9.73. The second-order valence-electron chi connectivity index (χ2n) is 7.61. The maximum atomic E-state index is 13.6. The van der Waals surface area contributed by atoms with Crippen LogP contribution in [0.2, 0.25) is 0 Å². The maximum Gasteiger partial charge on any atom is 0.314 e. The van der Waals surface area contributed by atoms with Gasteiger partial charge in [0.05, 0.1) is 6.10 Å². The van der Waals surface area contributed by atoms with Gasteiger partial charge in [0.15, 0.2) is 0 Å². The summed E-state index contributed by atoms with van der Waals surface area (Å²) < 4.78 is 13.6. The molecule has 2 heterocycles. The van der Waals surface area contributed by atoms with E-state index in [2.05, 4.69) is 10.2 Å². The fraction of sp³-hybridized carbons (Fsp3) is 0.333. The van der Waals surface area contributed by atoms with Crippen molar-refractivity contribution in [1.82, 2.24) is 19.9 Å². The first-order chi connectivity index (χ1) is 14.4. The number of carbonyl (C=O) groups is 2. The SMILES string of the molecule is O=C(Cn1nc2ccccc2n1)N1CC[C@H](O)[C@](Cc2cccc(F)c2)(C(=O)O)C1. The highest BCUT2D eigenvalue weighted by atomic mass is 19.1. The summed E-state index contributed by atoms with van der Waals surface area (Å²) in [5.41, 5.74) is 0.144. The van der Waals surface area contributed by atoms with Crippen LogP contribution in [0.25, 0.3) is 11.0 Å². The van der Waals surface area contributed by atoms with Crippen LogP contribution in [-0.2, 0) is 22.6 Å². The maximum absolute atomic E-state index is 13.6. The van der Waals surface area contributed by atoms with Gasteiger partial charge in [-0.3, -0.25) is 9.59 Å². The molecule has 0 aliphatic carbocycles. The zero-order valence-corrected chi connectivity index (χ0v) is 16.1. The van der Waals surface area contributed by atoms with E-state index < -0.39 is 23.3 Å². The summed E-state index contributed by atoms with van der Waals surface area (Å²) >= 11 is 0. The second kappa shape index (κ2) is 7.83. The van der Waals surface area contributed by atoms with E-state index in [4.69, 9.17) is 0 Å². The minimum absolute atomic E-state index is 0.0883. The molecule has 8 nitrogen and oxygen atoms in total. The number of amides is 1. The van der Waals surface area contributed by atoms with Gasteiger partial charge in [0.25, 0.3) is 0 Å². The molecule has 1 aliphatic heterocycles. The summed E-state index contributed by atoms with van der Waals surface area (Å²) in [5, 5.41) is 29.0. The Hall–Kier alpha value is -3.33. The van der Waals surface area contributed by atoms with Crippen LogP contribution in [0.4, 0.5) is 4.39 Å². The van der Waals surface area contributed by atoms with Crippen LogP contribution in [-0.4, -0.2) is 61.2 Å². The molecule has 0 radical (unpaired) electrons. The van der Waals surface area contributed by atoms with Crippen molar-refractivity contribution in [2.24, 2.45) is 5.41 Å². The molecule has 0 unspecified atom stereocenters. The Balaban J connectivity index is 1.55. The Morgan fingerprint density at radius 2 is 1.83 bits per heavy atom. The number of fused-ring (bicyclic) bond motifs is 1. The van der Waals surface area contributed by atoms with E-state index >= 15 is 0 Å². The van der Waals surface area contributed by atoms with Crippen molar-refractivity contribution in [2.75, 3.05) is 13.1 Å². The molecule has 1 fully saturated rings. The summed E-state index contributed by atoms with van der Waals surface area (Å²) in [4.78, 5) is 27.8. The van der Waals surface area contributed by atoms with E-state index in [-0.39, 0.29) is 38.4 Å². The molecule has 1 amide bonds. The highest BCUT2D eigenvalue weighted by molar-refractivity contribution is 5.81. The fourth-order valence-electron chi connectivity index (χ4n) is 3.96. The smallest absolute Gasteiger partial charge is 0.314 e. The summed E-state index contributed by atoms with van der Waals surface area (Å²) in [5.74, 6) is -2.05. The minimum atomic E-state index is -1.62. The molecule has 4 rings (SSSR count). The van der Waals surface area contributed by atoms with Gasteiger partial charge in [0.2, 0.25) is 5.91 Å².